The lowest BCUT2D eigenvalue weighted by Gasteiger charge is -2.15. The van der Waals surface area contributed by atoms with Crippen molar-refractivity contribution in [1.82, 2.24) is 0 Å². The molecule has 0 saturated carbocycles. The highest BCUT2D eigenvalue weighted by Crippen LogP contribution is 2.18. The van der Waals surface area contributed by atoms with E-state index < -0.39 is 6.10 Å². The number of unbranched alkanes of at least 4 members (excludes halogenated alkanes) is 39. The van der Waals surface area contributed by atoms with Crippen LogP contribution in [0.3, 0.4) is 0 Å². The molecular formula is C77H134O5. The summed E-state index contributed by atoms with van der Waals surface area (Å²) in [6.07, 6.45) is 104. The molecule has 0 aromatic rings. The fourth-order valence-corrected chi connectivity index (χ4v) is 10.3. The maximum atomic E-state index is 12.3. The maximum Gasteiger partial charge on any atom is 0.306 e. The van der Waals surface area contributed by atoms with Crippen molar-refractivity contribution in [3.8, 4) is 0 Å². The van der Waals surface area contributed by atoms with E-state index in [-0.39, 0.29) is 31.6 Å². The Morgan fingerprint density at radius 1 is 0.293 bits per heavy atom. The smallest absolute Gasteiger partial charge is 0.306 e. The van der Waals surface area contributed by atoms with Gasteiger partial charge in [-0.25, -0.2) is 0 Å². The summed E-state index contributed by atoms with van der Waals surface area (Å²) in [7, 11) is 0. The van der Waals surface area contributed by atoms with Gasteiger partial charge in [0.05, 0.1) is 6.61 Å². The van der Waals surface area contributed by atoms with E-state index in [1.54, 1.807) is 0 Å². The topological polar surface area (TPSA) is 72.8 Å². The van der Waals surface area contributed by atoms with Gasteiger partial charge < -0.3 is 14.6 Å². The Kier molecular flexibility index (Phi) is 68.8. The van der Waals surface area contributed by atoms with Gasteiger partial charge in [0.15, 0.2) is 6.10 Å². The van der Waals surface area contributed by atoms with E-state index in [2.05, 4.69) is 123 Å². The highest BCUT2D eigenvalue weighted by Gasteiger charge is 2.16. The van der Waals surface area contributed by atoms with E-state index in [0.717, 1.165) is 83.5 Å². The van der Waals surface area contributed by atoms with Crippen LogP contribution < -0.4 is 0 Å². The lowest BCUT2D eigenvalue weighted by molar-refractivity contribution is -0.161. The lowest BCUT2D eigenvalue weighted by Crippen LogP contribution is -2.28. The monoisotopic (exact) mass is 1140 g/mol. The van der Waals surface area contributed by atoms with E-state index in [9.17, 15) is 14.7 Å². The minimum Gasteiger partial charge on any atom is -0.462 e. The number of aliphatic hydroxyl groups is 1. The molecule has 0 aliphatic carbocycles. The second-order valence-electron chi connectivity index (χ2n) is 23.6. The zero-order chi connectivity index (χ0) is 59.1. The predicted molar refractivity (Wildman–Crippen MR) is 362 cm³/mol. The molecule has 0 spiro atoms. The third kappa shape index (κ3) is 69.1. The molecule has 0 aliphatic rings. The zero-order valence-electron chi connectivity index (χ0n) is 54.2. The van der Waals surface area contributed by atoms with Crippen molar-refractivity contribution in [2.24, 2.45) is 0 Å². The van der Waals surface area contributed by atoms with Gasteiger partial charge in [0.2, 0.25) is 0 Å². The average molecular weight is 1140 g/mol. The van der Waals surface area contributed by atoms with Crippen molar-refractivity contribution in [3.63, 3.8) is 0 Å². The SMILES string of the molecule is CC/C=C\C/C=C\C/C=C\C/C=C\C/C=C\C/C=C\C/C=C\C/C=C\C/C=C\CCCC(=O)OC(CO)COC(=O)CCCCCCCCCCCCCCCCCCCCCCCCCCCCCCCCCCCCCCCCC. The molecule has 0 rings (SSSR count). The first kappa shape index (κ1) is 78.6. The van der Waals surface area contributed by atoms with E-state index in [4.69, 9.17) is 9.47 Å². The number of ether oxygens (including phenoxy) is 2. The van der Waals surface area contributed by atoms with E-state index in [1.165, 1.54) is 231 Å². The highest BCUT2D eigenvalue weighted by molar-refractivity contribution is 5.70. The summed E-state index contributed by atoms with van der Waals surface area (Å²) < 4.78 is 10.7. The summed E-state index contributed by atoms with van der Waals surface area (Å²) in [5.41, 5.74) is 0. The molecule has 0 aromatic heterocycles. The van der Waals surface area contributed by atoms with Gasteiger partial charge in [0, 0.05) is 12.8 Å². The van der Waals surface area contributed by atoms with Crippen LogP contribution in [0.15, 0.2) is 109 Å². The molecular weight excluding hydrogens is 1000 g/mol. The van der Waals surface area contributed by atoms with Gasteiger partial charge in [-0.15, -0.1) is 0 Å². The van der Waals surface area contributed by atoms with E-state index >= 15 is 0 Å². The number of hydrogen-bond donors (Lipinski definition) is 1. The van der Waals surface area contributed by atoms with Crippen molar-refractivity contribution < 1.29 is 24.2 Å². The van der Waals surface area contributed by atoms with Gasteiger partial charge in [-0.1, -0.05) is 367 Å². The molecule has 0 fully saturated rings. The maximum absolute atomic E-state index is 12.3. The van der Waals surface area contributed by atoms with Gasteiger partial charge in [0.1, 0.15) is 6.61 Å². The van der Waals surface area contributed by atoms with Crippen molar-refractivity contribution in [3.05, 3.63) is 109 Å². The molecule has 0 amide bonds. The second-order valence-corrected chi connectivity index (χ2v) is 23.6. The summed E-state index contributed by atoms with van der Waals surface area (Å²) in [5, 5.41) is 9.68. The van der Waals surface area contributed by atoms with Crippen molar-refractivity contribution >= 4 is 11.9 Å². The summed E-state index contributed by atoms with van der Waals surface area (Å²) >= 11 is 0. The largest absolute Gasteiger partial charge is 0.462 e. The van der Waals surface area contributed by atoms with E-state index in [1.807, 2.05) is 0 Å². The van der Waals surface area contributed by atoms with Crippen LogP contribution in [0.25, 0.3) is 0 Å². The van der Waals surface area contributed by atoms with Crippen LogP contribution in [0.2, 0.25) is 0 Å². The summed E-state index contributed by atoms with van der Waals surface area (Å²) in [6, 6.07) is 0. The van der Waals surface area contributed by atoms with Gasteiger partial charge in [-0.3, -0.25) is 9.59 Å². The number of carbonyl (C=O) groups is 2. The second kappa shape index (κ2) is 71.8. The minimum absolute atomic E-state index is 0.0925. The number of rotatable bonds is 65. The zero-order valence-corrected chi connectivity index (χ0v) is 54.2. The molecule has 1 atom stereocenters. The van der Waals surface area contributed by atoms with Crippen LogP contribution >= 0.6 is 0 Å². The molecule has 5 heteroatoms. The number of hydrogen-bond acceptors (Lipinski definition) is 5. The lowest BCUT2D eigenvalue weighted by atomic mass is 10.0. The van der Waals surface area contributed by atoms with Crippen LogP contribution in [-0.4, -0.2) is 36.4 Å². The molecule has 1 unspecified atom stereocenters. The van der Waals surface area contributed by atoms with Gasteiger partial charge in [0.25, 0.3) is 0 Å². The molecule has 0 radical (unpaired) electrons. The molecule has 1 N–H and O–H groups in total. The number of esters is 2. The summed E-state index contributed by atoms with van der Waals surface area (Å²) in [5.74, 6) is -0.654. The predicted octanol–water partition coefficient (Wildman–Crippen LogP) is 24.8. The normalized spacial score (nSPS) is 12.9. The Morgan fingerprint density at radius 2 is 0.524 bits per heavy atom. The number of aliphatic hydroxyl groups excluding tert-OH is 1. The van der Waals surface area contributed by atoms with Crippen LogP contribution in [-0.2, 0) is 19.1 Å². The van der Waals surface area contributed by atoms with Crippen LogP contribution in [0.4, 0.5) is 0 Å². The van der Waals surface area contributed by atoms with Crippen LogP contribution in [0, 0.1) is 0 Å². The highest BCUT2D eigenvalue weighted by atomic mass is 16.6. The molecule has 0 heterocycles. The fraction of sp³-hybridized carbons (Fsp3) is 0.740. The van der Waals surface area contributed by atoms with Gasteiger partial charge in [-0.2, -0.15) is 0 Å². The Balaban J connectivity index is 3.49. The third-order valence-electron chi connectivity index (χ3n) is 15.6. The van der Waals surface area contributed by atoms with Gasteiger partial charge >= 0.3 is 11.9 Å². The van der Waals surface area contributed by atoms with E-state index in [0.29, 0.717) is 12.8 Å². The Labute approximate surface area is 510 Å². The molecule has 0 aromatic carbocycles. The first-order valence-corrected chi connectivity index (χ1v) is 35.4. The van der Waals surface area contributed by atoms with Crippen molar-refractivity contribution in [2.75, 3.05) is 13.2 Å². The molecule has 5 nitrogen and oxygen atoms in total. The van der Waals surface area contributed by atoms with Crippen molar-refractivity contribution in [2.45, 2.75) is 354 Å². The third-order valence-corrected chi connectivity index (χ3v) is 15.6. The van der Waals surface area contributed by atoms with Crippen LogP contribution in [0.1, 0.15) is 348 Å². The molecule has 0 bridgehead atoms. The summed E-state index contributed by atoms with van der Waals surface area (Å²) in [4.78, 5) is 24.6. The first-order chi connectivity index (χ1) is 40.6. The molecule has 82 heavy (non-hydrogen) atoms. The quantitative estimate of drug-likeness (QED) is 0.0373. The molecule has 0 saturated heterocycles. The Hall–Kier alpha value is -3.44. The number of allylic oxidation sites excluding steroid dienone is 18. The average Bonchev–Trinajstić information content (AvgIpc) is 3.49. The van der Waals surface area contributed by atoms with Crippen LogP contribution in [0.5, 0.6) is 0 Å². The fourth-order valence-electron chi connectivity index (χ4n) is 10.3. The summed E-state index contributed by atoms with van der Waals surface area (Å²) in [6.45, 7) is 4.02. The standard InChI is InChI=1S/C77H134O5/c1-3-5-7-9-11-13-15-17-19-21-23-25-27-29-31-33-34-35-36-37-38-39-40-41-42-44-45-47-49-51-53-55-57-59-61-63-65-67-69-71-76(79)81-74-75(73-78)82-77(80)72-70-68-66-64-62-60-58-56-54-52-50-48-46-43-32-30-28-26-24-22-20-18-16-14-12-10-8-6-4-2/h6,8,12,14,18,20,24,26,30,32,46,48,52,54,58,60,64,66,75,78H,3-5,7,9-11,13,15-17,19,21-23,25,27-29,31,33-45,47,49-51,53,55-57,59,61-63,65,67-74H2,1-2H3/b8-6-,14-12-,20-18-,26-24-,32-30-,48-46-,54-52-,60-58-,66-64-. The Bertz CT molecular complexity index is 1570. The minimum atomic E-state index is -0.811. The number of carbonyl (C=O) groups excluding carboxylic acids is 2. The van der Waals surface area contributed by atoms with Gasteiger partial charge in [-0.05, 0) is 77.0 Å². The molecule has 472 valence electrons. The molecule has 0 aliphatic heterocycles. The Morgan fingerprint density at radius 3 is 0.780 bits per heavy atom. The first-order valence-electron chi connectivity index (χ1n) is 35.4. The van der Waals surface area contributed by atoms with Crippen molar-refractivity contribution in [1.29, 1.82) is 0 Å².